The molecule has 2 aliphatic heterocycles. The number of hydrogen-bond acceptors (Lipinski definition) is 5. The summed E-state index contributed by atoms with van der Waals surface area (Å²) in [4.78, 5) is 37.4. The summed E-state index contributed by atoms with van der Waals surface area (Å²) in [5, 5.41) is 11.8. The predicted octanol–water partition coefficient (Wildman–Crippen LogP) is 1.11. The zero-order chi connectivity index (χ0) is 18.2. The largest absolute Gasteiger partial charge is 0.484 e. The van der Waals surface area contributed by atoms with Crippen LogP contribution in [0.15, 0.2) is 30.3 Å². The molecule has 2 N–H and O–H groups in total. The second-order valence-electron chi connectivity index (χ2n) is 6.09. The highest BCUT2D eigenvalue weighted by Crippen LogP contribution is 2.51. The van der Waals surface area contributed by atoms with Gasteiger partial charge in [-0.15, -0.1) is 11.8 Å². The molecule has 2 aliphatic rings. The number of fused-ring (bicyclic) bond motifs is 1. The van der Waals surface area contributed by atoms with Crippen molar-refractivity contribution in [1.29, 1.82) is 0 Å². The van der Waals surface area contributed by atoms with Gasteiger partial charge >= 0.3 is 5.97 Å². The van der Waals surface area contributed by atoms with Gasteiger partial charge in [-0.25, -0.2) is 4.79 Å². The third-order valence-electron chi connectivity index (χ3n) is 4.26. The summed E-state index contributed by atoms with van der Waals surface area (Å²) in [6.45, 7) is 1.64. The topological polar surface area (TPSA) is 95.9 Å². The maximum absolute atomic E-state index is 12.4. The van der Waals surface area contributed by atoms with Crippen LogP contribution in [0.2, 0.25) is 0 Å². The first-order chi connectivity index (χ1) is 11.9. The Hall–Kier alpha value is -1.49. The molecule has 134 valence electrons. The van der Waals surface area contributed by atoms with Crippen molar-refractivity contribution in [1.82, 2.24) is 10.2 Å². The Morgan fingerprint density at radius 1 is 1.40 bits per heavy atom. The highest BCUT2D eigenvalue weighted by Gasteiger charge is 2.65. The third-order valence-corrected chi connectivity index (χ3v) is 8.00. The number of nitrogens with one attached hydrogen (secondary N) is 1. The number of carboxylic acids is 1. The Morgan fingerprint density at radius 3 is 2.68 bits per heavy atom. The van der Waals surface area contributed by atoms with Gasteiger partial charge in [-0.05, 0) is 19.1 Å². The van der Waals surface area contributed by atoms with E-state index >= 15 is 0 Å². The number of β-lactam (4-membered cyclic amide) rings is 1. The van der Waals surface area contributed by atoms with Gasteiger partial charge in [-0.3, -0.25) is 9.59 Å². The van der Waals surface area contributed by atoms with Gasteiger partial charge in [0.2, 0.25) is 5.91 Å². The number of carbonyl (C=O) groups is 3. The second-order valence-corrected chi connectivity index (χ2v) is 8.50. The summed E-state index contributed by atoms with van der Waals surface area (Å²) in [7, 11) is 0. The number of aliphatic carboxylic acids is 1. The number of carboxylic acid groups (broad SMARTS) is 1. The molecule has 1 aromatic carbocycles. The minimum absolute atomic E-state index is 0.197. The van der Waals surface area contributed by atoms with Gasteiger partial charge in [0.15, 0.2) is 6.61 Å². The summed E-state index contributed by atoms with van der Waals surface area (Å²) in [5.74, 6) is -1.21. The first kappa shape index (κ1) is 18.3. The quantitative estimate of drug-likeness (QED) is 0.363. The molecule has 2 saturated heterocycles. The minimum Gasteiger partial charge on any atom is -0.484 e. The number of halogens is 1. The van der Waals surface area contributed by atoms with Crippen LogP contribution in [0.5, 0.6) is 5.75 Å². The maximum atomic E-state index is 12.4. The molecular formula is C16H17IN2O5S. The lowest BCUT2D eigenvalue weighted by atomic mass is 9.96. The van der Waals surface area contributed by atoms with E-state index in [4.69, 9.17) is 4.74 Å². The molecule has 3 unspecified atom stereocenters. The van der Waals surface area contributed by atoms with Gasteiger partial charge in [-0.2, -0.15) is 0 Å². The molecule has 0 saturated carbocycles. The molecule has 0 aliphatic carbocycles. The molecule has 2 fully saturated rings. The second kappa shape index (κ2) is 7.02. The summed E-state index contributed by atoms with van der Waals surface area (Å²) >= 11 is 3.56. The highest BCUT2D eigenvalue weighted by molar-refractivity contribution is 14.1. The summed E-state index contributed by atoms with van der Waals surface area (Å²) in [5.41, 5.74) is 0. The van der Waals surface area contributed by atoms with Gasteiger partial charge in [-0.1, -0.05) is 40.8 Å². The average molecular weight is 476 g/mol. The minimum atomic E-state index is -1.01. The molecule has 2 amide bonds. The van der Waals surface area contributed by atoms with Crippen LogP contribution in [0.1, 0.15) is 6.92 Å². The van der Waals surface area contributed by atoms with Gasteiger partial charge in [0.25, 0.3) is 5.91 Å². The molecule has 0 radical (unpaired) electrons. The Morgan fingerprint density at radius 2 is 2.08 bits per heavy atom. The normalized spacial score (nSPS) is 30.4. The van der Waals surface area contributed by atoms with E-state index in [1.54, 1.807) is 24.3 Å². The standard InChI is InChI=1S/C16H17IN2O5S/c1-16(8-17)12(15(22)23)19-13(21)11(14(19)25-16)18-10(20)7-24-9-5-3-2-4-6-9/h2-6,11-12,14H,7-8H2,1H3,(H,18,20)(H,22,23)/t11?,12?,14-,16?/m0/s1. The van der Waals surface area contributed by atoms with E-state index in [-0.39, 0.29) is 17.9 Å². The van der Waals surface area contributed by atoms with E-state index in [1.165, 1.54) is 16.7 Å². The van der Waals surface area contributed by atoms with Crippen molar-refractivity contribution >= 4 is 52.1 Å². The van der Waals surface area contributed by atoms with Crippen LogP contribution in [-0.4, -0.2) is 61.0 Å². The van der Waals surface area contributed by atoms with Crippen LogP contribution in [0.4, 0.5) is 0 Å². The molecule has 2 heterocycles. The molecule has 7 nitrogen and oxygen atoms in total. The fourth-order valence-corrected chi connectivity index (χ4v) is 5.59. The molecule has 3 rings (SSSR count). The number of alkyl halides is 1. The maximum Gasteiger partial charge on any atom is 0.327 e. The lowest BCUT2D eigenvalue weighted by Gasteiger charge is -2.43. The number of para-hydroxylation sites is 1. The zero-order valence-electron chi connectivity index (χ0n) is 13.3. The van der Waals surface area contributed by atoms with Crippen molar-refractivity contribution in [2.45, 2.75) is 29.1 Å². The van der Waals surface area contributed by atoms with E-state index in [0.29, 0.717) is 10.2 Å². The van der Waals surface area contributed by atoms with Gasteiger partial charge in [0.1, 0.15) is 23.2 Å². The van der Waals surface area contributed by atoms with Crippen molar-refractivity contribution in [3.63, 3.8) is 0 Å². The third kappa shape index (κ3) is 3.31. The highest BCUT2D eigenvalue weighted by atomic mass is 127. The van der Waals surface area contributed by atoms with Crippen LogP contribution in [0, 0.1) is 0 Å². The van der Waals surface area contributed by atoms with E-state index in [1.807, 2.05) is 13.0 Å². The Bertz CT molecular complexity index is 703. The van der Waals surface area contributed by atoms with Crippen LogP contribution in [0.3, 0.4) is 0 Å². The Labute approximate surface area is 162 Å². The fourth-order valence-electron chi connectivity index (χ4n) is 3.02. The van der Waals surface area contributed by atoms with E-state index in [0.717, 1.165) is 0 Å². The monoisotopic (exact) mass is 476 g/mol. The molecule has 25 heavy (non-hydrogen) atoms. The molecule has 0 bridgehead atoms. The van der Waals surface area contributed by atoms with Crippen LogP contribution < -0.4 is 10.1 Å². The molecule has 1 aromatic rings. The van der Waals surface area contributed by atoms with Crippen molar-refractivity contribution in [3.05, 3.63) is 30.3 Å². The van der Waals surface area contributed by atoms with Crippen molar-refractivity contribution in [2.24, 2.45) is 0 Å². The zero-order valence-corrected chi connectivity index (χ0v) is 16.3. The molecule has 9 heteroatoms. The number of benzene rings is 1. The molecular weight excluding hydrogens is 459 g/mol. The van der Waals surface area contributed by atoms with E-state index in [9.17, 15) is 19.5 Å². The first-order valence-corrected chi connectivity index (χ1v) is 10.0. The Kier molecular flexibility index (Phi) is 5.14. The van der Waals surface area contributed by atoms with Crippen molar-refractivity contribution < 1.29 is 24.2 Å². The smallest absolute Gasteiger partial charge is 0.327 e. The van der Waals surface area contributed by atoms with Gasteiger partial charge in [0, 0.05) is 4.43 Å². The van der Waals surface area contributed by atoms with E-state index < -0.39 is 28.7 Å². The summed E-state index contributed by atoms with van der Waals surface area (Å²) in [6.07, 6.45) is 0. The van der Waals surface area contributed by atoms with Gasteiger partial charge < -0.3 is 20.1 Å². The van der Waals surface area contributed by atoms with Crippen molar-refractivity contribution in [3.8, 4) is 5.75 Å². The van der Waals surface area contributed by atoms with Crippen molar-refractivity contribution in [2.75, 3.05) is 11.0 Å². The first-order valence-electron chi connectivity index (χ1n) is 7.63. The summed E-state index contributed by atoms with van der Waals surface area (Å²) in [6, 6.07) is 7.33. The number of thioether (sulfide) groups is 1. The molecule has 0 aromatic heterocycles. The number of amides is 2. The molecule has 4 atom stereocenters. The summed E-state index contributed by atoms with van der Waals surface area (Å²) < 4.78 is 5.38. The Balaban J connectivity index is 1.61. The number of nitrogens with zero attached hydrogens (tertiary/aromatic N) is 1. The number of hydrogen-bond donors (Lipinski definition) is 2. The lowest BCUT2D eigenvalue weighted by Crippen LogP contribution is -2.71. The lowest BCUT2D eigenvalue weighted by molar-refractivity contribution is -0.161. The van der Waals surface area contributed by atoms with Crippen LogP contribution in [-0.2, 0) is 14.4 Å². The number of rotatable bonds is 6. The van der Waals surface area contributed by atoms with Crippen LogP contribution in [0.25, 0.3) is 0 Å². The molecule has 0 spiro atoms. The fraction of sp³-hybridized carbons (Fsp3) is 0.438. The predicted molar refractivity (Wildman–Crippen MR) is 101 cm³/mol. The number of carbonyl (C=O) groups excluding carboxylic acids is 2. The average Bonchev–Trinajstić information content (AvgIpc) is 2.89. The van der Waals surface area contributed by atoms with E-state index in [2.05, 4.69) is 27.9 Å². The van der Waals surface area contributed by atoms with Gasteiger partial charge in [0.05, 0.1) is 4.75 Å². The SMILES string of the molecule is CC1(CI)S[C@H]2C(NC(=O)COc3ccccc3)C(=O)N2C1C(=O)O. The van der Waals surface area contributed by atoms with Crippen LogP contribution >= 0.6 is 34.4 Å². The number of ether oxygens (including phenoxy) is 1.